The van der Waals surface area contributed by atoms with E-state index in [2.05, 4.69) is 20.8 Å². The third-order valence-corrected chi connectivity index (χ3v) is 4.14. The van der Waals surface area contributed by atoms with Gasteiger partial charge in [0, 0.05) is 13.2 Å². The van der Waals surface area contributed by atoms with Crippen molar-refractivity contribution in [3.63, 3.8) is 0 Å². The van der Waals surface area contributed by atoms with E-state index in [9.17, 15) is 4.39 Å². The number of hydrogen-bond acceptors (Lipinski definition) is 3. The third kappa shape index (κ3) is 4.55. The summed E-state index contributed by atoms with van der Waals surface area (Å²) in [5.74, 6) is -0.253. The summed E-state index contributed by atoms with van der Waals surface area (Å²) in [6.45, 7) is 1.01. The molecule has 0 saturated carbocycles. The highest BCUT2D eigenvalue weighted by molar-refractivity contribution is 7.80. The van der Waals surface area contributed by atoms with Gasteiger partial charge in [0.15, 0.2) is 5.11 Å². The highest BCUT2D eigenvalue weighted by Gasteiger charge is 2.07. The van der Waals surface area contributed by atoms with Crippen LogP contribution in [0.4, 0.5) is 10.1 Å². The second-order valence-corrected chi connectivity index (χ2v) is 6.24. The molecule has 130 valence electrons. The van der Waals surface area contributed by atoms with Crippen LogP contribution in [0.5, 0.6) is 0 Å². The number of benzene rings is 1. The lowest BCUT2D eigenvalue weighted by Gasteiger charge is -2.09. The predicted molar refractivity (Wildman–Crippen MR) is 99.0 cm³/mol. The number of thiocarbonyl (C=S) groups is 1. The summed E-state index contributed by atoms with van der Waals surface area (Å²) in [7, 11) is 1.82. The molecular weight excluding hydrogens is 363 g/mol. The van der Waals surface area contributed by atoms with E-state index in [1.807, 2.05) is 13.2 Å². The molecule has 3 rings (SSSR count). The van der Waals surface area contributed by atoms with Crippen LogP contribution in [0.15, 0.2) is 42.9 Å². The third-order valence-electron chi connectivity index (χ3n) is 3.58. The van der Waals surface area contributed by atoms with Gasteiger partial charge in [-0.3, -0.25) is 9.36 Å². The number of nitrogens with one attached hydrogen (secondary N) is 2. The molecule has 0 fully saturated rings. The smallest absolute Gasteiger partial charge is 0.171 e. The van der Waals surface area contributed by atoms with Gasteiger partial charge >= 0.3 is 0 Å². The second-order valence-electron chi connectivity index (χ2n) is 5.42. The Morgan fingerprint density at radius 1 is 1.24 bits per heavy atom. The van der Waals surface area contributed by atoms with E-state index in [-0.39, 0.29) is 5.82 Å². The van der Waals surface area contributed by atoms with Crippen molar-refractivity contribution < 1.29 is 4.39 Å². The zero-order chi connectivity index (χ0) is 17.8. The minimum absolute atomic E-state index is 0.253. The zero-order valence-electron chi connectivity index (χ0n) is 13.4. The number of nitrogens with zero attached hydrogens (tertiary/aromatic N) is 4. The first-order valence-electron chi connectivity index (χ1n) is 7.49. The lowest BCUT2D eigenvalue weighted by molar-refractivity contribution is 0.624. The zero-order valence-corrected chi connectivity index (χ0v) is 15.0. The molecule has 2 N–H and O–H groups in total. The first-order chi connectivity index (χ1) is 12.0. The van der Waals surface area contributed by atoms with Crippen molar-refractivity contribution >= 4 is 34.6 Å². The fourth-order valence-corrected chi connectivity index (χ4v) is 2.69. The highest BCUT2D eigenvalue weighted by Crippen LogP contribution is 2.13. The van der Waals surface area contributed by atoms with Crippen LogP contribution in [0.2, 0.25) is 5.02 Å². The van der Waals surface area contributed by atoms with E-state index in [4.69, 9.17) is 23.8 Å². The quantitative estimate of drug-likeness (QED) is 0.668. The summed E-state index contributed by atoms with van der Waals surface area (Å²) in [5, 5.41) is 15.5. The number of hydrogen-bond donors (Lipinski definition) is 2. The Labute approximate surface area is 154 Å². The summed E-state index contributed by atoms with van der Waals surface area (Å²) in [4.78, 5) is 0. The van der Waals surface area contributed by atoms with Crippen LogP contribution in [0.3, 0.4) is 0 Å². The minimum Gasteiger partial charge on any atom is -0.357 e. The van der Waals surface area contributed by atoms with E-state index in [1.54, 1.807) is 33.9 Å². The van der Waals surface area contributed by atoms with Crippen LogP contribution >= 0.6 is 23.8 Å². The number of halogens is 2. The number of anilines is 1. The summed E-state index contributed by atoms with van der Waals surface area (Å²) < 4.78 is 16.4. The van der Waals surface area contributed by atoms with Gasteiger partial charge in [-0.2, -0.15) is 10.2 Å². The molecule has 0 amide bonds. The molecule has 0 aliphatic heterocycles. The molecule has 0 aliphatic rings. The predicted octanol–water partition coefficient (Wildman–Crippen LogP) is 2.94. The molecule has 6 nitrogen and oxygen atoms in total. The maximum Gasteiger partial charge on any atom is 0.171 e. The van der Waals surface area contributed by atoms with Crippen molar-refractivity contribution in [1.82, 2.24) is 24.9 Å². The van der Waals surface area contributed by atoms with Gasteiger partial charge in [-0.15, -0.1) is 0 Å². The molecule has 9 heteroatoms. The molecule has 2 aromatic heterocycles. The SMILES string of the molecule is Cn1ncc(Cl)c1CNC(=S)Nc1cnn(Cc2ccc(F)cc2)c1. The van der Waals surface area contributed by atoms with Crippen molar-refractivity contribution in [1.29, 1.82) is 0 Å². The summed E-state index contributed by atoms with van der Waals surface area (Å²) >= 11 is 11.3. The Bertz CT molecular complexity index is 854. The van der Waals surface area contributed by atoms with Crippen LogP contribution < -0.4 is 10.6 Å². The lowest BCUT2D eigenvalue weighted by atomic mass is 10.2. The van der Waals surface area contributed by atoms with Crippen LogP contribution in [-0.2, 0) is 20.1 Å². The van der Waals surface area contributed by atoms with Crippen LogP contribution in [0.1, 0.15) is 11.3 Å². The Morgan fingerprint density at radius 2 is 2.00 bits per heavy atom. The van der Waals surface area contributed by atoms with Gasteiger partial charge in [0.25, 0.3) is 0 Å². The van der Waals surface area contributed by atoms with E-state index in [1.165, 1.54) is 12.1 Å². The molecule has 0 radical (unpaired) electrons. The first-order valence-corrected chi connectivity index (χ1v) is 8.28. The van der Waals surface area contributed by atoms with E-state index < -0.39 is 0 Å². The average molecular weight is 379 g/mol. The molecule has 0 aliphatic carbocycles. The van der Waals surface area contributed by atoms with Crippen molar-refractivity contribution in [2.75, 3.05) is 5.32 Å². The maximum atomic E-state index is 12.9. The van der Waals surface area contributed by atoms with Crippen LogP contribution in [-0.4, -0.2) is 24.7 Å². The first kappa shape index (κ1) is 17.4. The van der Waals surface area contributed by atoms with Crippen molar-refractivity contribution in [2.45, 2.75) is 13.1 Å². The van der Waals surface area contributed by atoms with Gasteiger partial charge in [0.2, 0.25) is 0 Å². The van der Waals surface area contributed by atoms with Gasteiger partial charge in [-0.05, 0) is 29.9 Å². The number of aryl methyl sites for hydroxylation is 1. The van der Waals surface area contributed by atoms with Gasteiger partial charge in [0.1, 0.15) is 5.82 Å². The van der Waals surface area contributed by atoms with Gasteiger partial charge < -0.3 is 10.6 Å². The topological polar surface area (TPSA) is 59.7 Å². The standard InChI is InChI=1S/C16H16ClFN6S/c1-23-15(14(17)7-20-23)8-19-16(25)22-13-6-21-24(10-13)9-11-2-4-12(18)5-3-11/h2-7,10H,8-9H2,1H3,(H2,19,22,25). The molecular formula is C16H16ClFN6S. The molecule has 25 heavy (non-hydrogen) atoms. The molecule has 0 saturated heterocycles. The maximum absolute atomic E-state index is 12.9. The Kier molecular flexibility index (Phi) is 5.30. The molecule has 2 heterocycles. The van der Waals surface area contributed by atoms with Crippen molar-refractivity contribution in [2.24, 2.45) is 7.05 Å². The Morgan fingerprint density at radius 3 is 2.68 bits per heavy atom. The molecule has 1 aromatic carbocycles. The largest absolute Gasteiger partial charge is 0.357 e. The van der Waals surface area contributed by atoms with E-state index in [0.717, 1.165) is 16.9 Å². The average Bonchev–Trinajstić information content (AvgIpc) is 3.14. The van der Waals surface area contributed by atoms with Gasteiger partial charge in [-0.25, -0.2) is 4.39 Å². The fourth-order valence-electron chi connectivity index (χ4n) is 2.27. The minimum atomic E-state index is -0.253. The van der Waals surface area contributed by atoms with E-state index >= 15 is 0 Å². The Balaban J connectivity index is 1.54. The summed E-state index contributed by atoms with van der Waals surface area (Å²) in [5.41, 5.74) is 2.57. The second kappa shape index (κ2) is 7.62. The molecule has 0 atom stereocenters. The number of aromatic nitrogens is 4. The van der Waals surface area contributed by atoms with Crippen molar-refractivity contribution in [3.05, 3.63) is 65.0 Å². The van der Waals surface area contributed by atoms with Crippen LogP contribution in [0, 0.1) is 5.82 Å². The fraction of sp³-hybridized carbons (Fsp3) is 0.188. The molecule has 3 aromatic rings. The molecule has 0 bridgehead atoms. The highest BCUT2D eigenvalue weighted by atomic mass is 35.5. The van der Waals surface area contributed by atoms with Crippen LogP contribution in [0.25, 0.3) is 0 Å². The van der Waals surface area contributed by atoms with E-state index in [0.29, 0.717) is 23.2 Å². The Hall–Kier alpha value is -2.45. The lowest BCUT2D eigenvalue weighted by Crippen LogP contribution is -2.28. The normalized spacial score (nSPS) is 10.7. The van der Waals surface area contributed by atoms with Gasteiger partial charge in [-0.1, -0.05) is 23.7 Å². The molecule has 0 unspecified atom stereocenters. The summed E-state index contributed by atoms with van der Waals surface area (Å²) in [6, 6.07) is 6.32. The monoisotopic (exact) mass is 378 g/mol. The molecule has 0 spiro atoms. The van der Waals surface area contributed by atoms with Gasteiger partial charge in [0.05, 0.1) is 41.9 Å². The van der Waals surface area contributed by atoms with Crippen molar-refractivity contribution in [3.8, 4) is 0 Å². The summed E-state index contributed by atoms with van der Waals surface area (Å²) in [6.07, 6.45) is 5.09. The number of rotatable bonds is 5.